The minimum Gasteiger partial charge on any atom is -0.494 e. The van der Waals surface area contributed by atoms with Crippen molar-refractivity contribution in [1.82, 2.24) is 14.3 Å². The lowest BCUT2D eigenvalue weighted by Gasteiger charge is -2.16. The molecule has 1 heterocycles. The Balaban J connectivity index is 1.58. The van der Waals surface area contributed by atoms with Gasteiger partial charge in [0.15, 0.2) is 0 Å². The average Bonchev–Trinajstić information content (AvgIpc) is 3.35. The number of rotatable bonds is 10. The number of benzene rings is 2. The van der Waals surface area contributed by atoms with Crippen molar-refractivity contribution in [3.63, 3.8) is 0 Å². The molecule has 1 saturated heterocycles. The van der Waals surface area contributed by atoms with Crippen molar-refractivity contribution in [2.45, 2.75) is 56.0 Å². The van der Waals surface area contributed by atoms with Crippen LogP contribution in [-0.2, 0) is 31.4 Å². The molecule has 1 fully saturated rings. The highest BCUT2D eigenvalue weighted by Crippen LogP contribution is 2.22. The van der Waals surface area contributed by atoms with Crippen LogP contribution in [0.4, 0.5) is 0 Å². The number of hydrogen-bond acceptors (Lipinski definition) is 6. The number of carbonyl (C=O) groups is 1. The van der Waals surface area contributed by atoms with Gasteiger partial charge in [0, 0.05) is 19.6 Å². The van der Waals surface area contributed by atoms with E-state index >= 15 is 0 Å². The minimum atomic E-state index is -3.91. The van der Waals surface area contributed by atoms with Crippen LogP contribution in [0, 0.1) is 6.92 Å². The van der Waals surface area contributed by atoms with E-state index in [0.29, 0.717) is 36.6 Å². The first-order valence-electron chi connectivity index (χ1n) is 11.2. The van der Waals surface area contributed by atoms with Gasteiger partial charge in [0.05, 0.1) is 22.4 Å². The zero-order valence-electron chi connectivity index (χ0n) is 19.6. The van der Waals surface area contributed by atoms with Gasteiger partial charge in [-0.3, -0.25) is 4.79 Å². The predicted molar refractivity (Wildman–Crippen MR) is 128 cm³/mol. The highest BCUT2D eigenvalue weighted by atomic mass is 32.2. The highest BCUT2D eigenvalue weighted by molar-refractivity contribution is 7.89. The normalized spacial score (nSPS) is 15.7. The Bertz CT molecular complexity index is 1220. The molecule has 0 unspecified atom stereocenters. The number of nitrogens with one attached hydrogen (secondary N) is 2. The van der Waals surface area contributed by atoms with Crippen molar-refractivity contribution in [1.29, 1.82) is 0 Å². The third-order valence-corrected chi connectivity index (χ3v) is 9.03. The second kappa shape index (κ2) is 10.9. The third kappa shape index (κ3) is 6.15. The molecule has 2 N–H and O–H groups in total. The maximum Gasteiger partial charge on any atom is 0.243 e. The van der Waals surface area contributed by atoms with E-state index in [9.17, 15) is 21.6 Å². The predicted octanol–water partition coefficient (Wildman–Crippen LogP) is 2.16. The number of ether oxygens (including phenoxy) is 1. The van der Waals surface area contributed by atoms with E-state index in [2.05, 4.69) is 10.0 Å². The number of carbonyl (C=O) groups excluding carboxylic acids is 1. The first-order valence-corrected chi connectivity index (χ1v) is 14.1. The summed E-state index contributed by atoms with van der Waals surface area (Å²) in [6, 6.07) is 9.84. The Morgan fingerprint density at radius 1 is 1.03 bits per heavy atom. The van der Waals surface area contributed by atoms with E-state index in [1.807, 2.05) is 6.92 Å². The molecule has 34 heavy (non-hydrogen) atoms. The van der Waals surface area contributed by atoms with Crippen molar-refractivity contribution in [3.05, 3.63) is 53.6 Å². The van der Waals surface area contributed by atoms with Crippen molar-refractivity contribution >= 4 is 26.0 Å². The average molecular weight is 510 g/mol. The van der Waals surface area contributed by atoms with Crippen LogP contribution >= 0.6 is 0 Å². The molecule has 0 aliphatic carbocycles. The Morgan fingerprint density at radius 3 is 2.24 bits per heavy atom. The smallest absolute Gasteiger partial charge is 0.243 e. The summed E-state index contributed by atoms with van der Waals surface area (Å²) in [5.41, 5.74) is 1.38. The maximum absolute atomic E-state index is 12.7. The van der Waals surface area contributed by atoms with E-state index in [0.717, 1.165) is 12.8 Å². The molecule has 3 rings (SSSR count). The molecule has 0 bridgehead atoms. The van der Waals surface area contributed by atoms with Crippen molar-refractivity contribution in [3.8, 4) is 5.75 Å². The van der Waals surface area contributed by atoms with Crippen LogP contribution in [0.1, 0.15) is 37.8 Å². The topological polar surface area (TPSA) is 122 Å². The highest BCUT2D eigenvalue weighted by Gasteiger charge is 2.27. The molecule has 186 valence electrons. The van der Waals surface area contributed by atoms with Gasteiger partial charge >= 0.3 is 0 Å². The van der Waals surface area contributed by atoms with Crippen LogP contribution in [0.2, 0.25) is 0 Å². The second-order valence-electron chi connectivity index (χ2n) is 8.18. The van der Waals surface area contributed by atoms with E-state index in [1.165, 1.54) is 35.5 Å². The van der Waals surface area contributed by atoms with Gasteiger partial charge in [-0.2, -0.15) is 9.03 Å². The largest absolute Gasteiger partial charge is 0.494 e. The van der Waals surface area contributed by atoms with Crippen LogP contribution in [-0.4, -0.2) is 52.8 Å². The Kier molecular flexibility index (Phi) is 8.34. The lowest BCUT2D eigenvalue weighted by molar-refractivity contribution is -0.122. The fourth-order valence-electron chi connectivity index (χ4n) is 3.66. The van der Waals surface area contributed by atoms with Crippen LogP contribution in [0.15, 0.2) is 52.3 Å². The molecule has 11 heteroatoms. The molecule has 0 spiro atoms. The summed E-state index contributed by atoms with van der Waals surface area (Å²) >= 11 is 0. The van der Waals surface area contributed by atoms with Gasteiger partial charge < -0.3 is 10.1 Å². The van der Waals surface area contributed by atoms with Crippen LogP contribution in [0.5, 0.6) is 5.75 Å². The van der Waals surface area contributed by atoms with Crippen LogP contribution < -0.4 is 14.8 Å². The molecular formula is C23H31N3O6S2. The molecule has 2 aromatic carbocycles. The van der Waals surface area contributed by atoms with E-state index in [-0.39, 0.29) is 16.3 Å². The summed E-state index contributed by atoms with van der Waals surface area (Å²) in [6.45, 7) is 6.73. The molecule has 0 radical (unpaired) electrons. The zero-order valence-corrected chi connectivity index (χ0v) is 21.2. The van der Waals surface area contributed by atoms with Crippen LogP contribution in [0.3, 0.4) is 0 Å². The van der Waals surface area contributed by atoms with E-state index in [1.54, 1.807) is 25.1 Å². The first-order chi connectivity index (χ1) is 16.0. The molecule has 2 aromatic rings. The van der Waals surface area contributed by atoms with Crippen LogP contribution in [0.25, 0.3) is 0 Å². The van der Waals surface area contributed by atoms with Crippen molar-refractivity contribution in [2.75, 3.05) is 19.7 Å². The SMILES string of the molecule is CCOc1ccc(S(=O)(=O)N[C@H](C)C(=O)NCc2ccc(S(=O)(=O)N3CCCC3)cc2)cc1C. The quantitative estimate of drug-likeness (QED) is 0.506. The van der Waals surface area contributed by atoms with Gasteiger partial charge in [0.1, 0.15) is 5.75 Å². The molecular weight excluding hydrogens is 478 g/mol. The van der Waals surface area contributed by atoms with Crippen molar-refractivity contribution < 1.29 is 26.4 Å². The molecule has 1 atom stereocenters. The first kappa shape index (κ1) is 26.1. The molecule has 1 aliphatic heterocycles. The van der Waals surface area contributed by atoms with Gasteiger partial charge in [-0.1, -0.05) is 12.1 Å². The minimum absolute atomic E-state index is 0.0444. The van der Waals surface area contributed by atoms with Gasteiger partial charge in [0.25, 0.3) is 0 Å². The fourth-order valence-corrected chi connectivity index (χ4v) is 6.46. The lowest BCUT2D eigenvalue weighted by Crippen LogP contribution is -2.44. The molecule has 1 amide bonds. The molecule has 1 aliphatic rings. The summed E-state index contributed by atoms with van der Waals surface area (Å²) in [4.78, 5) is 12.7. The Labute approximate surface area is 201 Å². The maximum atomic E-state index is 12.7. The number of hydrogen-bond donors (Lipinski definition) is 2. The third-order valence-electron chi connectivity index (χ3n) is 5.57. The fraction of sp³-hybridized carbons (Fsp3) is 0.435. The summed E-state index contributed by atoms with van der Waals surface area (Å²) in [5.74, 6) is 0.103. The van der Waals surface area contributed by atoms with Gasteiger partial charge in [-0.25, -0.2) is 16.8 Å². The molecule has 0 aromatic heterocycles. The van der Waals surface area contributed by atoms with Gasteiger partial charge in [0.2, 0.25) is 26.0 Å². The number of amides is 1. The standard InChI is InChI=1S/C23H31N3O6S2/c1-4-32-22-12-11-21(15-17(22)2)33(28,29)25-18(3)23(27)24-16-19-7-9-20(10-8-19)34(30,31)26-13-5-6-14-26/h7-12,15,18,25H,4-6,13-14,16H2,1-3H3,(H,24,27)/t18-/m1/s1. The van der Waals surface area contributed by atoms with Gasteiger partial charge in [-0.15, -0.1) is 0 Å². The number of aryl methyl sites for hydroxylation is 1. The summed E-state index contributed by atoms with van der Waals surface area (Å²) in [7, 11) is -7.40. The number of sulfonamides is 2. The van der Waals surface area contributed by atoms with E-state index in [4.69, 9.17) is 4.74 Å². The van der Waals surface area contributed by atoms with Gasteiger partial charge in [-0.05, 0) is 75.1 Å². The lowest BCUT2D eigenvalue weighted by atomic mass is 10.2. The monoisotopic (exact) mass is 509 g/mol. The summed E-state index contributed by atoms with van der Waals surface area (Å²) in [5, 5.41) is 2.68. The number of nitrogens with zero attached hydrogens (tertiary/aromatic N) is 1. The Morgan fingerprint density at radius 2 is 1.65 bits per heavy atom. The Hall–Kier alpha value is -2.47. The van der Waals surface area contributed by atoms with E-state index < -0.39 is 32.0 Å². The summed E-state index contributed by atoms with van der Waals surface area (Å²) in [6.07, 6.45) is 1.73. The zero-order chi connectivity index (χ0) is 24.9. The van der Waals surface area contributed by atoms with Crippen molar-refractivity contribution in [2.24, 2.45) is 0 Å². The molecule has 0 saturated carbocycles. The summed E-state index contributed by atoms with van der Waals surface area (Å²) < 4.78 is 59.9. The molecule has 9 nitrogen and oxygen atoms in total. The second-order valence-corrected chi connectivity index (χ2v) is 11.8.